The van der Waals surface area contributed by atoms with Crippen LogP contribution in [0, 0.1) is 0 Å². The van der Waals surface area contributed by atoms with Gasteiger partial charge in [-0.25, -0.2) is 13.2 Å². The van der Waals surface area contributed by atoms with Crippen LogP contribution in [0.5, 0.6) is 0 Å². The van der Waals surface area contributed by atoms with Crippen molar-refractivity contribution in [2.75, 3.05) is 5.75 Å². The number of hydrogen-bond donors (Lipinski definition) is 2. The maximum atomic E-state index is 12.4. The summed E-state index contributed by atoms with van der Waals surface area (Å²) in [6, 6.07) is 7.92. The third-order valence-corrected chi connectivity index (χ3v) is 8.01. The lowest BCUT2D eigenvalue weighted by atomic mass is 9.79. The number of aryl methyl sites for hydroxylation is 1. The van der Waals surface area contributed by atoms with Gasteiger partial charge >= 0.3 is 6.03 Å². The van der Waals surface area contributed by atoms with Crippen molar-refractivity contribution in [3.05, 3.63) is 35.4 Å². The van der Waals surface area contributed by atoms with Gasteiger partial charge in [-0.05, 0) is 57.1 Å². The Kier molecular flexibility index (Phi) is 5.37. The van der Waals surface area contributed by atoms with E-state index in [4.69, 9.17) is 0 Å². The van der Waals surface area contributed by atoms with E-state index in [1.807, 2.05) is 6.92 Å². The van der Waals surface area contributed by atoms with Crippen LogP contribution in [0.2, 0.25) is 0 Å². The molecule has 2 N–H and O–H groups in total. The molecule has 0 aromatic heterocycles. The number of carbonyl (C=O) groups is 1. The van der Waals surface area contributed by atoms with Crippen molar-refractivity contribution in [2.24, 2.45) is 0 Å². The molecule has 0 bridgehead atoms. The highest BCUT2D eigenvalue weighted by molar-refractivity contribution is 7.92. The van der Waals surface area contributed by atoms with Crippen LogP contribution in [-0.2, 0) is 16.3 Å². The average Bonchev–Trinajstić information content (AvgIpc) is 2.57. The molecule has 0 saturated carbocycles. The molecule has 1 saturated heterocycles. The van der Waals surface area contributed by atoms with Crippen molar-refractivity contribution < 1.29 is 13.2 Å². The molecular formula is C19H28N2O3S. The van der Waals surface area contributed by atoms with Crippen LogP contribution in [0.25, 0.3) is 0 Å². The van der Waals surface area contributed by atoms with Crippen LogP contribution in [-0.4, -0.2) is 37.5 Å². The Morgan fingerprint density at radius 2 is 1.96 bits per heavy atom. The molecule has 2 amide bonds. The van der Waals surface area contributed by atoms with Gasteiger partial charge in [0.15, 0.2) is 9.84 Å². The minimum absolute atomic E-state index is 0.0144. The predicted octanol–water partition coefficient (Wildman–Crippen LogP) is 2.76. The predicted molar refractivity (Wildman–Crippen MR) is 99.5 cm³/mol. The molecule has 1 aliphatic carbocycles. The molecule has 2 aliphatic rings. The summed E-state index contributed by atoms with van der Waals surface area (Å²) in [5, 5.41) is 5.59. The summed E-state index contributed by atoms with van der Waals surface area (Å²) in [5.74, 6) is 0.355. The Bertz CT molecular complexity index is 732. The van der Waals surface area contributed by atoms with Gasteiger partial charge in [-0.3, -0.25) is 0 Å². The second-order valence-corrected chi connectivity index (χ2v) is 9.98. The van der Waals surface area contributed by atoms with Crippen molar-refractivity contribution in [1.29, 1.82) is 0 Å². The van der Waals surface area contributed by atoms with E-state index >= 15 is 0 Å². The Hall–Kier alpha value is -1.56. The number of urea groups is 1. The van der Waals surface area contributed by atoms with E-state index in [-0.39, 0.29) is 29.1 Å². The molecule has 1 aromatic carbocycles. The molecule has 3 unspecified atom stereocenters. The fourth-order valence-corrected chi connectivity index (χ4v) is 5.74. The minimum Gasteiger partial charge on any atom is -0.335 e. The van der Waals surface area contributed by atoms with Crippen molar-refractivity contribution in [3.8, 4) is 0 Å². The van der Waals surface area contributed by atoms with Crippen molar-refractivity contribution in [3.63, 3.8) is 0 Å². The summed E-state index contributed by atoms with van der Waals surface area (Å²) < 4.78 is 24.0. The smallest absolute Gasteiger partial charge is 0.315 e. The highest BCUT2D eigenvalue weighted by atomic mass is 32.2. The van der Waals surface area contributed by atoms with Crippen molar-refractivity contribution in [1.82, 2.24) is 10.6 Å². The van der Waals surface area contributed by atoms with Gasteiger partial charge in [-0.1, -0.05) is 24.3 Å². The van der Waals surface area contributed by atoms with Crippen molar-refractivity contribution in [2.45, 2.75) is 69.2 Å². The van der Waals surface area contributed by atoms with Gasteiger partial charge in [0.05, 0.1) is 11.0 Å². The maximum Gasteiger partial charge on any atom is 0.315 e. The van der Waals surface area contributed by atoms with Crippen LogP contribution in [0.4, 0.5) is 4.79 Å². The van der Waals surface area contributed by atoms with Crippen LogP contribution in [0.1, 0.15) is 56.6 Å². The number of amides is 2. The Morgan fingerprint density at radius 1 is 1.20 bits per heavy atom. The van der Waals surface area contributed by atoms with Crippen LogP contribution >= 0.6 is 0 Å². The zero-order valence-electron chi connectivity index (χ0n) is 15.0. The van der Waals surface area contributed by atoms with E-state index < -0.39 is 9.84 Å². The molecular weight excluding hydrogens is 336 g/mol. The molecule has 1 fully saturated rings. The number of carbonyl (C=O) groups excluding carboxylic acids is 1. The van der Waals surface area contributed by atoms with Gasteiger partial charge in [0.2, 0.25) is 0 Å². The first-order valence-corrected chi connectivity index (χ1v) is 10.9. The van der Waals surface area contributed by atoms with Crippen LogP contribution in [0.3, 0.4) is 0 Å². The summed E-state index contributed by atoms with van der Waals surface area (Å²) in [5.41, 5.74) is 2.70. The monoisotopic (exact) mass is 364 g/mol. The summed E-state index contributed by atoms with van der Waals surface area (Å²) >= 11 is 0. The lowest BCUT2D eigenvalue weighted by molar-refractivity contribution is 0.231. The Labute approximate surface area is 150 Å². The summed E-state index contributed by atoms with van der Waals surface area (Å²) in [6.07, 6.45) is 4.62. The van der Waals surface area contributed by atoms with Crippen LogP contribution in [0.15, 0.2) is 24.3 Å². The topological polar surface area (TPSA) is 75.3 Å². The van der Waals surface area contributed by atoms with E-state index in [0.717, 1.165) is 19.3 Å². The summed E-state index contributed by atoms with van der Waals surface area (Å²) in [6.45, 7) is 3.78. The first kappa shape index (κ1) is 18.2. The number of rotatable bonds is 3. The molecule has 0 spiro atoms. The second kappa shape index (κ2) is 7.36. The van der Waals surface area contributed by atoms with E-state index in [0.29, 0.717) is 18.8 Å². The van der Waals surface area contributed by atoms with Gasteiger partial charge in [-0.2, -0.15) is 0 Å². The Balaban J connectivity index is 1.59. The zero-order chi connectivity index (χ0) is 18.0. The molecule has 5 nitrogen and oxygen atoms in total. The van der Waals surface area contributed by atoms with E-state index in [9.17, 15) is 13.2 Å². The first-order chi connectivity index (χ1) is 11.9. The van der Waals surface area contributed by atoms with Gasteiger partial charge in [0.1, 0.15) is 0 Å². The van der Waals surface area contributed by atoms with Crippen LogP contribution < -0.4 is 10.6 Å². The normalized spacial score (nSPS) is 29.3. The van der Waals surface area contributed by atoms with E-state index in [2.05, 4.69) is 34.9 Å². The molecule has 0 radical (unpaired) electrons. The number of nitrogens with one attached hydrogen (secondary N) is 2. The number of sulfone groups is 1. The fourth-order valence-electron chi connectivity index (χ4n) is 4.10. The largest absolute Gasteiger partial charge is 0.335 e. The number of fused-ring (bicyclic) bond motifs is 1. The lowest BCUT2D eigenvalue weighted by Gasteiger charge is -2.32. The van der Waals surface area contributed by atoms with Crippen molar-refractivity contribution >= 4 is 15.9 Å². The SMILES string of the molecule is CC1CCC(NC(=O)N[C@H](C)C2CCCc3ccccc32)CS1(=O)=O. The molecule has 1 aromatic rings. The van der Waals surface area contributed by atoms with Gasteiger partial charge in [-0.15, -0.1) is 0 Å². The van der Waals surface area contributed by atoms with Gasteiger partial charge < -0.3 is 10.6 Å². The molecule has 25 heavy (non-hydrogen) atoms. The maximum absolute atomic E-state index is 12.4. The summed E-state index contributed by atoms with van der Waals surface area (Å²) in [7, 11) is -3.09. The second-order valence-electron chi connectivity index (χ2n) is 7.52. The Morgan fingerprint density at radius 3 is 2.72 bits per heavy atom. The first-order valence-electron chi connectivity index (χ1n) is 9.23. The highest BCUT2D eigenvalue weighted by Crippen LogP contribution is 2.33. The standard InChI is InChI=1S/C19H28N2O3S/c1-13-10-11-16(12-25(13,23)24)21-19(22)20-14(2)17-9-5-7-15-6-3-4-8-18(15)17/h3-4,6,8,13-14,16-17H,5,7,9-12H2,1-2H3,(H2,20,21,22)/t13?,14-,16?,17?/m1/s1. The number of hydrogen-bond acceptors (Lipinski definition) is 3. The molecule has 3 rings (SSSR count). The summed E-state index contributed by atoms with van der Waals surface area (Å²) in [4.78, 5) is 12.4. The average molecular weight is 365 g/mol. The third-order valence-electron chi connectivity index (χ3n) is 5.68. The van der Waals surface area contributed by atoms with Gasteiger partial charge in [0.25, 0.3) is 0 Å². The lowest BCUT2D eigenvalue weighted by Crippen LogP contribution is -2.51. The van der Waals surface area contributed by atoms with Gasteiger partial charge in [0, 0.05) is 18.0 Å². The minimum atomic E-state index is -3.09. The fraction of sp³-hybridized carbons (Fsp3) is 0.632. The molecule has 1 aliphatic heterocycles. The zero-order valence-corrected chi connectivity index (χ0v) is 15.8. The quantitative estimate of drug-likeness (QED) is 0.866. The third kappa shape index (κ3) is 4.17. The van der Waals surface area contributed by atoms with E-state index in [1.54, 1.807) is 6.92 Å². The molecule has 6 heteroatoms. The molecule has 1 heterocycles. The number of benzene rings is 1. The highest BCUT2D eigenvalue weighted by Gasteiger charge is 2.32. The molecule has 4 atom stereocenters. The van der Waals surface area contributed by atoms with E-state index in [1.165, 1.54) is 11.1 Å². The molecule has 138 valence electrons.